The van der Waals surface area contributed by atoms with Crippen molar-refractivity contribution in [2.24, 2.45) is 0 Å². The largest absolute Gasteiger partial charge is 0.455 e. The van der Waals surface area contributed by atoms with Gasteiger partial charge < -0.3 is 18.5 Å². The van der Waals surface area contributed by atoms with E-state index in [9.17, 15) is 0 Å². The van der Waals surface area contributed by atoms with Gasteiger partial charge in [-0.2, -0.15) is 0 Å². The zero-order valence-electron chi connectivity index (χ0n) is 37.1. The summed E-state index contributed by atoms with van der Waals surface area (Å²) in [6, 6.07) is 81.9. The molecule has 0 saturated heterocycles. The van der Waals surface area contributed by atoms with Crippen LogP contribution in [-0.2, 0) is 5.41 Å². The van der Waals surface area contributed by atoms with Crippen LogP contribution in [0.5, 0.6) is 0 Å². The number of nitrogens with zero attached hydrogens (tertiary/aromatic N) is 3. The molecule has 0 fully saturated rings. The molecule has 13 aromatic rings. The highest BCUT2D eigenvalue weighted by Crippen LogP contribution is 2.51. The monoisotopic (exact) mass is 857 g/mol. The third-order valence-electron chi connectivity index (χ3n) is 14.5. The lowest BCUT2D eigenvalue weighted by Crippen LogP contribution is -2.16. The maximum atomic E-state index is 6.61. The topological polar surface area (TPSA) is 26.2 Å². The molecule has 1 aliphatic rings. The van der Waals surface area contributed by atoms with Gasteiger partial charge in [-0.05, 0) is 137 Å². The molecular formula is C63H43N3O. The highest BCUT2D eigenvalue weighted by molar-refractivity contribution is 6.24. The Balaban J connectivity index is 0.897. The van der Waals surface area contributed by atoms with Gasteiger partial charge in [0, 0.05) is 60.8 Å². The van der Waals surface area contributed by atoms with Gasteiger partial charge in [0.05, 0.1) is 27.5 Å². The van der Waals surface area contributed by atoms with E-state index >= 15 is 0 Å². The molecular weight excluding hydrogens is 815 g/mol. The molecule has 0 unspecified atom stereocenters. The molecule has 0 radical (unpaired) electrons. The van der Waals surface area contributed by atoms with Crippen LogP contribution >= 0.6 is 0 Å². The van der Waals surface area contributed by atoms with Gasteiger partial charge >= 0.3 is 0 Å². The van der Waals surface area contributed by atoms with Crippen molar-refractivity contribution in [3.63, 3.8) is 0 Å². The van der Waals surface area contributed by atoms with Crippen LogP contribution < -0.4 is 4.90 Å². The third-order valence-corrected chi connectivity index (χ3v) is 14.5. The maximum absolute atomic E-state index is 6.61. The van der Waals surface area contributed by atoms with Crippen molar-refractivity contribution in [1.82, 2.24) is 9.13 Å². The second kappa shape index (κ2) is 14.2. The molecule has 4 nitrogen and oxygen atoms in total. The lowest BCUT2D eigenvalue weighted by atomic mass is 9.82. The first-order chi connectivity index (χ1) is 33.0. The van der Waals surface area contributed by atoms with Gasteiger partial charge in [0.2, 0.25) is 0 Å². The van der Waals surface area contributed by atoms with E-state index in [1.165, 1.54) is 60.6 Å². The summed E-state index contributed by atoms with van der Waals surface area (Å²) in [5.74, 6) is 0. The van der Waals surface area contributed by atoms with Crippen molar-refractivity contribution in [3.8, 4) is 33.6 Å². The first-order valence-electron chi connectivity index (χ1n) is 23.2. The number of aromatic nitrogens is 2. The summed E-state index contributed by atoms with van der Waals surface area (Å²) in [5.41, 5.74) is 19.7. The average molecular weight is 858 g/mol. The van der Waals surface area contributed by atoms with Gasteiger partial charge in [0.1, 0.15) is 11.2 Å². The Bertz CT molecular complexity index is 4110. The SMILES string of the molecule is CC1(C)c2ccccc2-c2ccc(N(c3ccc(-c4ccc5c(c4)c4ccccc4n5-c4ccccc4)cc3)c3ccc(-n4c5ccccc5c5c6oc7ccccc7c6ccc54)cc3)cc21. The highest BCUT2D eigenvalue weighted by Gasteiger charge is 2.36. The molecule has 0 saturated carbocycles. The summed E-state index contributed by atoms with van der Waals surface area (Å²) in [6.45, 7) is 4.71. The lowest BCUT2D eigenvalue weighted by molar-refractivity contribution is 0.660. The van der Waals surface area contributed by atoms with Crippen LogP contribution in [-0.4, -0.2) is 9.13 Å². The fourth-order valence-electron chi connectivity index (χ4n) is 11.4. The zero-order valence-corrected chi connectivity index (χ0v) is 37.1. The van der Waals surface area contributed by atoms with Crippen LogP contribution in [0.1, 0.15) is 25.0 Å². The Morgan fingerprint density at radius 2 is 0.940 bits per heavy atom. The summed E-state index contributed by atoms with van der Waals surface area (Å²) in [6.07, 6.45) is 0. The van der Waals surface area contributed by atoms with Crippen LogP contribution in [0.25, 0.3) is 99.2 Å². The van der Waals surface area contributed by atoms with Crippen LogP contribution in [0.4, 0.5) is 17.1 Å². The van der Waals surface area contributed by atoms with Crippen molar-refractivity contribution in [3.05, 3.63) is 236 Å². The molecule has 0 atom stereocenters. The molecule has 316 valence electrons. The summed E-state index contributed by atoms with van der Waals surface area (Å²) >= 11 is 0. The van der Waals surface area contributed by atoms with Crippen LogP contribution in [0.15, 0.2) is 229 Å². The predicted octanol–water partition coefficient (Wildman–Crippen LogP) is 17.2. The second-order valence-electron chi connectivity index (χ2n) is 18.5. The van der Waals surface area contributed by atoms with Crippen molar-refractivity contribution >= 4 is 82.6 Å². The van der Waals surface area contributed by atoms with Gasteiger partial charge in [0.15, 0.2) is 0 Å². The van der Waals surface area contributed by atoms with Crippen LogP contribution in [0.2, 0.25) is 0 Å². The van der Waals surface area contributed by atoms with E-state index in [0.717, 1.165) is 66.8 Å². The number of fused-ring (bicyclic) bond motifs is 13. The molecule has 0 N–H and O–H groups in total. The highest BCUT2D eigenvalue weighted by atomic mass is 16.3. The van der Waals surface area contributed by atoms with E-state index < -0.39 is 0 Å². The number of hydrogen-bond acceptors (Lipinski definition) is 2. The number of anilines is 3. The van der Waals surface area contributed by atoms with Crippen molar-refractivity contribution in [2.45, 2.75) is 19.3 Å². The number of rotatable bonds is 6. The number of furan rings is 1. The standard InChI is InChI=1S/C63H43N3O/c1-63(2)54-20-10-6-16-47(54)48-34-33-46(39-55(48)63)64(43-27-24-40(25-28-43)41-26-36-58-53(38-41)49-17-7-11-21-56(49)65(58)42-14-4-3-5-15-42)44-29-31-45(32-30-44)66-57-22-12-8-19-52(57)61-59(66)37-35-51-50-18-9-13-23-60(50)67-62(51)61/h3-39H,1-2H3. The Morgan fingerprint density at radius 1 is 0.373 bits per heavy atom. The van der Waals surface area contributed by atoms with Gasteiger partial charge in [0.25, 0.3) is 0 Å². The van der Waals surface area contributed by atoms with Crippen molar-refractivity contribution < 1.29 is 4.42 Å². The Kier molecular flexibility index (Phi) is 8.00. The molecule has 4 heteroatoms. The molecule has 0 spiro atoms. The zero-order chi connectivity index (χ0) is 44.4. The van der Waals surface area contributed by atoms with E-state index in [4.69, 9.17) is 4.42 Å². The van der Waals surface area contributed by atoms with Crippen LogP contribution in [0.3, 0.4) is 0 Å². The average Bonchev–Trinajstić information content (AvgIpc) is 4.10. The normalized spacial score (nSPS) is 13.0. The molecule has 67 heavy (non-hydrogen) atoms. The Morgan fingerprint density at radius 3 is 1.75 bits per heavy atom. The first-order valence-corrected chi connectivity index (χ1v) is 23.2. The summed E-state index contributed by atoms with van der Waals surface area (Å²) in [7, 11) is 0. The summed E-state index contributed by atoms with van der Waals surface area (Å²) in [4.78, 5) is 2.41. The van der Waals surface area contributed by atoms with E-state index in [1.54, 1.807) is 0 Å². The predicted molar refractivity (Wildman–Crippen MR) is 280 cm³/mol. The van der Waals surface area contributed by atoms with Gasteiger partial charge in [-0.15, -0.1) is 0 Å². The lowest BCUT2D eigenvalue weighted by Gasteiger charge is -2.28. The summed E-state index contributed by atoms with van der Waals surface area (Å²) < 4.78 is 11.4. The molecule has 0 bridgehead atoms. The minimum Gasteiger partial charge on any atom is -0.455 e. The quantitative estimate of drug-likeness (QED) is 0.167. The van der Waals surface area contributed by atoms with Gasteiger partial charge in [-0.25, -0.2) is 0 Å². The fourth-order valence-corrected chi connectivity index (χ4v) is 11.4. The minimum absolute atomic E-state index is 0.134. The summed E-state index contributed by atoms with van der Waals surface area (Å²) in [5, 5.41) is 7.09. The molecule has 10 aromatic carbocycles. The van der Waals surface area contributed by atoms with E-state index in [0.29, 0.717) is 0 Å². The van der Waals surface area contributed by atoms with Crippen molar-refractivity contribution in [1.29, 1.82) is 0 Å². The number of benzene rings is 10. The second-order valence-corrected chi connectivity index (χ2v) is 18.5. The van der Waals surface area contributed by atoms with Gasteiger partial charge in [-0.1, -0.05) is 135 Å². The first kappa shape index (κ1) is 37.7. The Hall–Kier alpha value is -8.60. The maximum Gasteiger partial charge on any atom is 0.145 e. The molecule has 3 aromatic heterocycles. The Labute approximate surface area is 387 Å². The van der Waals surface area contributed by atoms with Crippen LogP contribution in [0, 0.1) is 0 Å². The van der Waals surface area contributed by atoms with E-state index in [1.807, 2.05) is 6.07 Å². The molecule has 3 heterocycles. The smallest absolute Gasteiger partial charge is 0.145 e. The molecule has 1 aliphatic carbocycles. The van der Waals surface area contributed by atoms with Gasteiger partial charge in [-0.3, -0.25) is 0 Å². The molecule has 14 rings (SSSR count). The van der Waals surface area contributed by atoms with Crippen molar-refractivity contribution in [2.75, 3.05) is 4.90 Å². The van der Waals surface area contributed by atoms with E-state index in [2.05, 4.69) is 246 Å². The molecule has 0 aliphatic heterocycles. The minimum atomic E-state index is -0.134. The third kappa shape index (κ3) is 5.54. The molecule has 0 amide bonds. The number of hydrogen-bond donors (Lipinski definition) is 0. The van der Waals surface area contributed by atoms with E-state index in [-0.39, 0.29) is 5.41 Å². The number of para-hydroxylation sites is 4. The fraction of sp³-hybridized carbons (Fsp3) is 0.0476.